The molecule has 0 heterocycles. The zero-order valence-electron chi connectivity index (χ0n) is 8.32. The molecule has 0 saturated heterocycles. The number of carboxylic acids is 1. The Labute approximate surface area is 101 Å². The molecule has 0 aliphatic heterocycles. The van der Waals surface area contributed by atoms with Crippen LogP contribution in [0.3, 0.4) is 0 Å². The molecule has 0 bridgehead atoms. The molecule has 0 aliphatic carbocycles. The van der Waals surface area contributed by atoms with Gasteiger partial charge in [-0.2, -0.15) is 0 Å². The van der Waals surface area contributed by atoms with Crippen LogP contribution in [-0.4, -0.2) is 36.0 Å². The number of hydrogen-bond acceptors (Lipinski definition) is 2. The van der Waals surface area contributed by atoms with Crippen LogP contribution in [0, 0.1) is 3.57 Å². The van der Waals surface area contributed by atoms with E-state index in [2.05, 4.69) is 0 Å². The van der Waals surface area contributed by atoms with Gasteiger partial charge in [0.15, 0.2) is 0 Å². The number of nitrogens with zero attached hydrogens (tertiary/aromatic N) is 1. The summed E-state index contributed by atoms with van der Waals surface area (Å²) in [6, 6.07) is 4.68. The zero-order valence-corrected chi connectivity index (χ0v) is 10.5. The molecule has 4 nitrogen and oxygen atoms in total. The lowest BCUT2D eigenvalue weighted by molar-refractivity contribution is 0.0695. The van der Waals surface area contributed by atoms with Crippen molar-refractivity contribution in [1.82, 2.24) is 4.90 Å². The van der Waals surface area contributed by atoms with E-state index in [4.69, 9.17) is 5.11 Å². The average molecular weight is 319 g/mol. The molecular weight excluding hydrogens is 309 g/mol. The average Bonchev–Trinajstić information content (AvgIpc) is 2.16. The van der Waals surface area contributed by atoms with Crippen LogP contribution in [0.15, 0.2) is 18.2 Å². The number of halogens is 1. The first-order valence-corrected chi connectivity index (χ1v) is 5.26. The third kappa shape index (κ3) is 2.47. The van der Waals surface area contributed by atoms with Gasteiger partial charge in [0.2, 0.25) is 0 Å². The van der Waals surface area contributed by atoms with Gasteiger partial charge >= 0.3 is 5.97 Å². The first kappa shape index (κ1) is 12.0. The van der Waals surface area contributed by atoms with Gasteiger partial charge in [0.1, 0.15) is 0 Å². The zero-order chi connectivity index (χ0) is 11.6. The van der Waals surface area contributed by atoms with Gasteiger partial charge in [-0.05, 0) is 34.7 Å². The van der Waals surface area contributed by atoms with Gasteiger partial charge in [0.25, 0.3) is 5.91 Å². The van der Waals surface area contributed by atoms with Crippen LogP contribution < -0.4 is 0 Å². The van der Waals surface area contributed by atoms with E-state index >= 15 is 0 Å². The Morgan fingerprint density at radius 2 is 1.80 bits per heavy atom. The summed E-state index contributed by atoms with van der Waals surface area (Å²) in [5.41, 5.74) is 0.573. The quantitative estimate of drug-likeness (QED) is 0.844. The SMILES string of the molecule is CN(C)C(=O)c1cccc(C(=O)O)c1I. The van der Waals surface area contributed by atoms with Gasteiger partial charge in [0.05, 0.1) is 11.1 Å². The summed E-state index contributed by atoms with van der Waals surface area (Å²) in [5.74, 6) is -1.21. The van der Waals surface area contributed by atoms with Crippen molar-refractivity contribution < 1.29 is 14.7 Å². The summed E-state index contributed by atoms with van der Waals surface area (Å²) in [5, 5.41) is 8.88. The van der Waals surface area contributed by atoms with Gasteiger partial charge < -0.3 is 10.0 Å². The maximum absolute atomic E-state index is 11.7. The molecule has 0 atom stereocenters. The van der Waals surface area contributed by atoms with Crippen LogP contribution in [0.25, 0.3) is 0 Å². The molecule has 0 radical (unpaired) electrons. The molecular formula is C10H10INO3. The molecule has 1 N–H and O–H groups in total. The van der Waals surface area contributed by atoms with E-state index < -0.39 is 5.97 Å². The minimum absolute atomic E-state index is 0.156. The molecule has 1 amide bonds. The molecule has 0 aromatic heterocycles. The van der Waals surface area contributed by atoms with Gasteiger partial charge in [0, 0.05) is 17.7 Å². The number of carboxylic acid groups (broad SMARTS) is 1. The van der Waals surface area contributed by atoms with Crippen LogP contribution in [0.1, 0.15) is 20.7 Å². The van der Waals surface area contributed by atoms with Gasteiger partial charge in [-0.25, -0.2) is 4.79 Å². The predicted molar refractivity (Wildman–Crippen MR) is 64.1 cm³/mol. The van der Waals surface area contributed by atoms with Crippen molar-refractivity contribution >= 4 is 34.5 Å². The first-order chi connectivity index (χ1) is 6.95. The molecule has 0 saturated carbocycles. The van der Waals surface area contributed by atoms with Gasteiger partial charge in [-0.15, -0.1) is 0 Å². The molecule has 15 heavy (non-hydrogen) atoms. The van der Waals surface area contributed by atoms with Crippen molar-refractivity contribution in [2.75, 3.05) is 14.1 Å². The predicted octanol–water partition coefficient (Wildman–Crippen LogP) is 1.69. The van der Waals surface area contributed by atoms with Crippen molar-refractivity contribution in [3.63, 3.8) is 0 Å². The second-order valence-electron chi connectivity index (χ2n) is 3.17. The fraction of sp³-hybridized carbons (Fsp3) is 0.200. The standard InChI is InChI=1S/C10H10INO3/c1-12(2)9(13)6-4-3-5-7(8(6)11)10(14)15/h3-5H,1-2H3,(H,14,15). The summed E-state index contributed by atoms with van der Waals surface area (Å²) in [4.78, 5) is 23.9. The van der Waals surface area contributed by atoms with Gasteiger partial charge in [-0.1, -0.05) is 6.07 Å². The molecule has 0 aliphatic rings. The number of carbonyl (C=O) groups is 2. The summed E-state index contributed by atoms with van der Waals surface area (Å²) < 4.78 is 0.473. The normalized spacial score (nSPS) is 9.80. The maximum Gasteiger partial charge on any atom is 0.336 e. The summed E-state index contributed by atoms with van der Waals surface area (Å²) >= 11 is 1.88. The molecule has 80 valence electrons. The molecule has 1 rings (SSSR count). The van der Waals surface area contributed by atoms with Crippen LogP contribution in [0.2, 0.25) is 0 Å². The van der Waals surface area contributed by atoms with E-state index in [1.54, 1.807) is 26.2 Å². The third-order valence-electron chi connectivity index (χ3n) is 1.87. The Bertz CT molecular complexity index is 415. The van der Waals surface area contributed by atoms with Crippen molar-refractivity contribution in [3.05, 3.63) is 32.9 Å². The number of aromatic carboxylic acids is 1. The molecule has 5 heteroatoms. The smallest absolute Gasteiger partial charge is 0.336 e. The highest BCUT2D eigenvalue weighted by atomic mass is 127. The molecule has 0 unspecified atom stereocenters. The van der Waals surface area contributed by atoms with E-state index in [9.17, 15) is 9.59 Å². The minimum Gasteiger partial charge on any atom is -0.478 e. The summed E-state index contributed by atoms with van der Waals surface area (Å²) in [6.07, 6.45) is 0. The Morgan fingerprint density at radius 3 is 2.27 bits per heavy atom. The largest absolute Gasteiger partial charge is 0.478 e. The fourth-order valence-electron chi connectivity index (χ4n) is 1.10. The number of benzene rings is 1. The summed E-state index contributed by atoms with van der Waals surface area (Å²) in [6.45, 7) is 0. The monoisotopic (exact) mass is 319 g/mol. The van der Waals surface area contributed by atoms with Crippen LogP contribution in [-0.2, 0) is 0 Å². The highest BCUT2D eigenvalue weighted by Crippen LogP contribution is 2.18. The van der Waals surface area contributed by atoms with E-state index in [-0.39, 0.29) is 11.5 Å². The summed E-state index contributed by atoms with van der Waals surface area (Å²) in [7, 11) is 3.26. The lowest BCUT2D eigenvalue weighted by atomic mass is 10.1. The lowest BCUT2D eigenvalue weighted by Crippen LogP contribution is -2.23. The van der Waals surface area contributed by atoms with Crippen molar-refractivity contribution in [2.45, 2.75) is 0 Å². The number of amides is 1. The van der Waals surface area contributed by atoms with Crippen molar-refractivity contribution in [1.29, 1.82) is 0 Å². The third-order valence-corrected chi connectivity index (χ3v) is 3.03. The molecule has 0 fully saturated rings. The highest BCUT2D eigenvalue weighted by molar-refractivity contribution is 14.1. The second-order valence-corrected chi connectivity index (χ2v) is 4.25. The van der Waals surface area contributed by atoms with Crippen LogP contribution >= 0.6 is 22.6 Å². The number of rotatable bonds is 2. The Hall–Kier alpha value is -1.11. The minimum atomic E-state index is -1.02. The van der Waals surface area contributed by atoms with Crippen molar-refractivity contribution in [2.24, 2.45) is 0 Å². The molecule has 1 aromatic carbocycles. The van der Waals surface area contributed by atoms with E-state index in [1.807, 2.05) is 22.6 Å². The number of hydrogen-bond donors (Lipinski definition) is 1. The van der Waals surface area contributed by atoms with E-state index in [1.165, 1.54) is 11.0 Å². The lowest BCUT2D eigenvalue weighted by Gasteiger charge is -2.12. The Kier molecular flexibility index (Phi) is 3.67. The Morgan fingerprint density at radius 1 is 1.27 bits per heavy atom. The Balaban J connectivity index is 3.27. The fourth-order valence-corrected chi connectivity index (χ4v) is 1.92. The molecule has 0 spiro atoms. The first-order valence-electron chi connectivity index (χ1n) is 4.18. The number of carbonyl (C=O) groups excluding carboxylic acids is 1. The van der Waals surface area contributed by atoms with Crippen molar-refractivity contribution in [3.8, 4) is 0 Å². The topological polar surface area (TPSA) is 57.6 Å². The highest BCUT2D eigenvalue weighted by Gasteiger charge is 2.17. The second kappa shape index (κ2) is 4.61. The molecule has 1 aromatic rings. The van der Waals surface area contributed by atoms with Gasteiger partial charge in [-0.3, -0.25) is 4.79 Å². The van der Waals surface area contributed by atoms with Crippen LogP contribution in [0.4, 0.5) is 0 Å². The van der Waals surface area contributed by atoms with Crippen LogP contribution in [0.5, 0.6) is 0 Å². The maximum atomic E-state index is 11.7. The van der Waals surface area contributed by atoms with E-state index in [0.29, 0.717) is 9.13 Å². The van der Waals surface area contributed by atoms with E-state index in [0.717, 1.165) is 0 Å².